The highest BCUT2D eigenvalue weighted by Gasteiger charge is 2.18. The zero-order valence-electron chi connectivity index (χ0n) is 29.6. The Morgan fingerprint density at radius 3 is 1.73 bits per heavy atom. The van der Waals surface area contributed by atoms with Crippen LogP contribution in [0.3, 0.4) is 0 Å². The standard InChI is InChI=1S/C51H31N3O/c1-2-14-33(15-3-1)49-52-50(54-51(53-49)43-24-12-26-46-48(43)42-23-8-9-25-45(42)55-46)38-20-11-18-35(30-38)34-17-10-19-37(29-34)47-40-22-7-5-16-36(40)31-44-39-21-6-4-13-32(39)27-28-41(44)47/h1-31H. The number of nitrogens with zero attached hydrogens (tertiary/aromatic N) is 3. The number of hydrogen-bond donors (Lipinski definition) is 0. The average molecular weight is 702 g/mol. The molecule has 2 heterocycles. The molecule has 0 aliphatic rings. The van der Waals surface area contributed by atoms with Gasteiger partial charge in [-0.15, -0.1) is 0 Å². The van der Waals surface area contributed by atoms with Crippen LogP contribution in [0.4, 0.5) is 0 Å². The molecule has 256 valence electrons. The molecule has 0 aliphatic carbocycles. The van der Waals surface area contributed by atoms with Crippen LogP contribution in [0.1, 0.15) is 0 Å². The maximum absolute atomic E-state index is 6.25. The highest BCUT2D eigenvalue weighted by atomic mass is 16.3. The smallest absolute Gasteiger partial charge is 0.164 e. The van der Waals surface area contributed by atoms with Gasteiger partial charge in [-0.3, -0.25) is 0 Å². The van der Waals surface area contributed by atoms with Crippen LogP contribution in [0.15, 0.2) is 192 Å². The zero-order valence-corrected chi connectivity index (χ0v) is 29.6. The molecule has 11 rings (SSSR count). The molecule has 2 aromatic heterocycles. The Balaban J connectivity index is 1.07. The monoisotopic (exact) mass is 701 g/mol. The fourth-order valence-electron chi connectivity index (χ4n) is 8.13. The number of hydrogen-bond acceptors (Lipinski definition) is 4. The topological polar surface area (TPSA) is 51.8 Å². The van der Waals surface area contributed by atoms with E-state index in [-0.39, 0.29) is 0 Å². The minimum absolute atomic E-state index is 0.601. The number of fused-ring (bicyclic) bond motifs is 7. The normalized spacial score (nSPS) is 11.6. The molecule has 0 radical (unpaired) electrons. The van der Waals surface area contributed by atoms with Gasteiger partial charge in [-0.1, -0.05) is 158 Å². The van der Waals surface area contributed by atoms with Gasteiger partial charge in [0.25, 0.3) is 0 Å². The molecule has 9 aromatic carbocycles. The minimum Gasteiger partial charge on any atom is -0.456 e. The van der Waals surface area contributed by atoms with Crippen LogP contribution in [0.5, 0.6) is 0 Å². The summed E-state index contributed by atoms with van der Waals surface area (Å²) in [6, 6.07) is 65.9. The highest BCUT2D eigenvalue weighted by Crippen LogP contribution is 2.41. The highest BCUT2D eigenvalue weighted by molar-refractivity contribution is 6.20. The Bertz CT molecular complexity index is 3270. The number of rotatable bonds is 5. The Labute approximate surface area is 317 Å². The van der Waals surface area contributed by atoms with Crippen molar-refractivity contribution in [2.24, 2.45) is 0 Å². The predicted molar refractivity (Wildman–Crippen MR) is 227 cm³/mol. The lowest BCUT2D eigenvalue weighted by Crippen LogP contribution is -2.00. The first-order chi connectivity index (χ1) is 27.2. The van der Waals surface area contributed by atoms with Gasteiger partial charge in [-0.2, -0.15) is 0 Å². The van der Waals surface area contributed by atoms with E-state index in [9.17, 15) is 0 Å². The van der Waals surface area contributed by atoms with Gasteiger partial charge >= 0.3 is 0 Å². The van der Waals surface area contributed by atoms with Crippen molar-refractivity contribution in [1.29, 1.82) is 0 Å². The molecule has 0 saturated heterocycles. The fourth-order valence-corrected chi connectivity index (χ4v) is 8.13. The van der Waals surface area contributed by atoms with Gasteiger partial charge in [0.05, 0.1) is 0 Å². The minimum atomic E-state index is 0.601. The maximum atomic E-state index is 6.25. The van der Waals surface area contributed by atoms with Gasteiger partial charge in [-0.05, 0) is 84.9 Å². The quantitative estimate of drug-likeness (QED) is 0.132. The fraction of sp³-hybridized carbons (Fsp3) is 0. The van der Waals surface area contributed by atoms with Crippen LogP contribution in [-0.2, 0) is 0 Å². The van der Waals surface area contributed by atoms with E-state index in [4.69, 9.17) is 19.4 Å². The molecule has 0 saturated carbocycles. The summed E-state index contributed by atoms with van der Waals surface area (Å²) < 4.78 is 6.25. The first kappa shape index (κ1) is 31.1. The third kappa shape index (κ3) is 5.26. The van der Waals surface area contributed by atoms with Crippen molar-refractivity contribution in [3.05, 3.63) is 188 Å². The molecule has 0 amide bonds. The van der Waals surface area contributed by atoms with E-state index in [0.717, 1.165) is 49.8 Å². The maximum Gasteiger partial charge on any atom is 0.164 e. The van der Waals surface area contributed by atoms with Crippen LogP contribution >= 0.6 is 0 Å². The van der Waals surface area contributed by atoms with E-state index in [1.54, 1.807) is 0 Å². The van der Waals surface area contributed by atoms with Gasteiger partial charge in [-0.25, -0.2) is 15.0 Å². The molecule has 0 spiro atoms. The molecule has 0 fully saturated rings. The Kier molecular flexibility index (Phi) is 7.14. The lowest BCUT2D eigenvalue weighted by molar-refractivity contribution is 0.669. The first-order valence-electron chi connectivity index (χ1n) is 18.5. The Morgan fingerprint density at radius 1 is 0.309 bits per heavy atom. The van der Waals surface area contributed by atoms with Crippen LogP contribution in [0, 0.1) is 0 Å². The number of furan rings is 1. The summed E-state index contributed by atoms with van der Waals surface area (Å²) >= 11 is 0. The summed E-state index contributed by atoms with van der Waals surface area (Å²) in [6.45, 7) is 0. The van der Waals surface area contributed by atoms with Gasteiger partial charge in [0, 0.05) is 27.5 Å². The molecule has 11 aromatic rings. The molecule has 0 unspecified atom stereocenters. The van der Waals surface area contributed by atoms with Crippen molar-refractivity contribution in [2.45, 2.75) is 0 Å². The second kappa shape index (κ2) is 12.6. The van der Waals surface area contributed by atoms with E-state index in [1.165, 1.54) is 43.4 Å². The van der Waals surface area contributed by atoms with Gasteiger partial charge in [0.1, 0.15) is 11.2 Å². The van der Waals surface area contributed by atoms with E-state index < -0.39 is 0 Å². The Morgan fingerprint density at radius 2 is 0.891 bits per heavy atom. The molecule has 55 heavy (non-hydrogen) atoms. The van der Waals surface area contributed by atoms with E-state index >= 15 is 0 Å². The molecule has 0 N–H and O–H groups in total. The number of aromatic nitrogens is 3. The summed E-state index contributed by atoms with van der Waals surface area (Å²) in [5.41, 5.74) is 9.00. The van der Waals surface area contributed by atoms with Crippen molar-refractivity contribution in [3.63, 3.8) is 0 Å². The molecule has 0 atom stereocenters. The van der Waals surface area contributed by atoms with Crippen molar-refractivity contribution in [3.8, 4) is 56.4 Å². The van der Waals surface area contributed by atoms with Crippen molar-refractivity contribution in [1.82, 2.24) is 15.0 Å². The number of benzene rings is 9. The van der Waals surface area contributed by atoms with Crippen molar-refractivity contribution >= 4 is 54.3 Å². The van der Waals surface area contributed by atoms with Crippen LogP contribution in [0.2, 0.25) is 0 Å². The summed E-state index contributed by atoms with van der Waals surface area (Å²) in [5, 5.41) is 9.51. The summed E-state index contributed by atoms with van der Waals surface area (Å²) in [7, 11) is 0. The molecule has 0 bridgehead atoms. The van der Waals surface area contributed by atoms with E-state index in [2.05, 4.69) is 127 Å². The molecule has 0 aliphatic heterocycles. The van der Waals surface area contributed by atoms with Crippen LogP contribution in [0.25, 0.3) is 111 Å². The molecule has 4 heteroatoms. The SMILES string of the molecule is c1ccc(-c2nc(-c3cccc(-c4cccc(-c5c6ccccc6cc6c5ccc5ccccc56)c4)c3)nc(-c3cccc4oc5ccccc5c34)n2)cc1. The third-order valence-corrected chi connectivity index (χ3v) is 10.7. The van der Waals surface area contributed by atoms with Crippen LogP contribution in [-0.4, -0.2) is 15.0 Å². The van der Waals surface area contributed by atoms with Crippen LogP contribution < -0.4 is 0 Å². The second-order valence-corrected chi connectivity index (χ2v) is 14.0. The summed E-state index contributed by atoms with van der Waals surface area (Å²) in [5.74, 6) is 1.83. The molecular formula is C51H31N3O. The van der Waals surface area contributed by atoms with Gasteiger partial charge in [0.15, 0.2) is 17.5 Å². The third-order valence-electron chi connectivity index (χ3n) is 10.7. The Hall–Kier alpha value is -7.43. The van der Waals surface area contributed by atoms with Crippen molar-refractivity contribution in [2.75, 3.05) is 0 Å². The number of para-hydroxylation sites is 1. The van der Waals surface area contributed by atoms with E-state index in [0.29, 0.717) is 17.5 Å². The lowest BCUT2D eigenvalue weighted by atomic mass is 9.89. The van der Waals surface area contributed by atoms with Crippen molar-refractivity contribution < 1.29 is 4.42 Å². The largest absolute Gasteiger partial charge is 0.456 e. The van der Waals surface area contributed by atoms with Gasteiger partial charge in [0.2, 0.25) is 0 Å². The predicted octanol–water partition coefficient (Wildman–Crippen LogP) is 13.6. The second-order valence-electron chi connectivity index (χ2n) is 14.0. The zero-order chi connectivity index (χ0) is 36.3. The van der Waals surface area contributed by atoms with E-state index in [1.807, 2.05) is 60.7 Å². The summed E-state index contributed by atoms with van der Waals surface area (Å²) in [6.07, 6.45) is 0. The van der Waals surface area contributed by atoms with Gasteiger partial charge < -0.3 is 4.42 Å². The summed E-state index contributed by atoms with van der Waals surface area (Å²) in [4.78, 5) is 15.3. The molecular weight excluding hydrogens is 671 g/mol. The lowest BCUT2D eigenvalue weighted by Gasteiger charge is -2.15. The average Bonchev–Trinajstić information content (AvgIpc) is 3.65. The first-order valence-corrected chi connectivity index (χ1v) is 18.5. The molecule has 4 nitrogen and oxygen atoms in total.